The summed E-state index contributed by atoms with van der Waals surface area (Å²) in [6, 6.07) is 1.01. The van der Waals surface area contributed by atoms with Crippen molar-refractivity contribution in [2.75, 3.05) is 12.8 Å². The molecule has 0 unspecified atom stereocenters. The number of alkyl halides is 2. The molecule has 0 aliphatic heterocycles. The standard InChI is InChI=1S/C8H8F2N2O2/c1-14-6-2-4(8(9)10)12-5(3-13)7(6)11/h2-3,8H,11H2,1H3. The molecule has 14 heavy (non-hydrogen) atoms. The van der Waals surface area contributed by atoms with E-state index in [9.17, 15) is 13.6 Å². The molecule has 0 spiro atoms. The number of aromatic nitrogens is 1. The van der Waals surface area contributed by atoms with Gasteiger partial charge in [-0.05, 0) is 0 Å². The van der Waals surface area contributed by atoms with Gasteiger partial charge in [0.15, 0.2) is 6.29 Å². The Hall–Kier alpha value is -1.72. The summed E-state index contributed by atoms with van der Waals surface area (Å²) in [6.45, 7) is 0. The highest BCUT2D eigenvalue weighted by molar-refractivity contribution is 5.83. The van der Waals surface area contributed by atoms with Crippen molar-refractivity contribution in [1.82, 2.24) is 4.98 Å². The minimum absolute atomic E-state index is 0.0254. The van der Waals surface area contributed by atoms with Crippen molar-refractivity contribution in [3.8, 4) is 5.75 Å². The molecule has 0 fully saturated rings. The Kier molecular flexibility index (Phi) is 2.95. The van der Waals surface area contributed by atoms with Gasteiger partial charge in [0, 0.05) is 6.07 Å². The number of hydrogen-bond donors (Lipinski definition) is 1. The molecule has 1 aromatic heterocycles. The second kappa shape index (κ2) is 3.99. The van der Waals surface area contributed by atoms with Gasteiger partial charge in [0.1, 0.15) is 22.8 Å². The molecule has 0 atom stereocenters. The van der Waals surface area contributed by atoms with Crippen LogP contribution in [0, 0.1) is 0 Å². The minimum atomic E-state index is -2.76. The highest BCUT2D eigenvalue weighted by Crippen LogP contribution is 2.28. The molecule has 76 valence electrons. The van der Waals surface area contributed by atoms with Crippen molar-refractivity contribution in [2.24, 2.45) is 0 Å². The maximum absolute atomic E-state index is 12.3. The van der Waals surface area contributed by atoms with Gasteiger partial charge < -0.3 is 10.5 Å². The van der Waals surface area contributed by atoms with Crippen molar-refractivity contribution < 1.29 is 18.3 Å². The van der Waals surface area contributed by atoms with Crippen LogP contribution in [0.2, 0.25) is 0 Å². The SMILES string of the molecule is COc1cc(C(F)F)nc(C=O)c1N. The van der Waals surface area contributed by atoms with E-state index in [1.54, 1.807) is 0 Å². The number of aldehydes is 1. The predicted octanol–water partition coefficient (Wildman–Crippen LogP) is 1.42. The van der Waals surface area contributed by atoms with Crippen molar-refractivity contribution in [1.29, 1.82) is 0 Å². The number of anilines is 1. The zero-order chi connectivity index (χ0) is 10.7. The van der Waals surface area contributed by atoms with Crippen LogP contribution in [-0.2, 0) is 0 Å². The highest BCUT2D eigenvalue weighted by Gasteiger charge is 2.15. The minimum Gasteiger partial charge on any atom is -0.494 e. The highest BCUT2D eigenvalue weighted by atomic mass is 19.3. The molecule has 0 bridgehead atoms. The molecular formula is C8H8F2N2O2. The quantitative estimate of drug-likeness (QED) is 0.753. The lowest BCUT2D eigenvalue weighted by Crippen LogP contribution is -2.03. The van der Waals surface area contributed by atoms with E-state index < -0.39 is 12.1 Å². The summed E-state index contributed by atoms with van der Waals surface area (Å²) in [5.41, 5.74) is 4.61. The van der Waals surface area contributed by atoms with Gasteiger partial charge in [0.25, 0.3) is 6.43 Å². The smallest absolute Gasteiger partial charge is 0.280 e. The van der Waals surface area contributed by atoms with Gasteiger partial charge in [-0.1, -0.05) is 0 Å². The summed E-state index contributed by atoms with van der Waals surface area (Å²) in [4.78, 5) is 13.8. The topological polar surface area (TPSA) is 65.2 Å². The van der Waals surface area contributed by atoms with Gasteiger partial charge in [-0.2, -0.15) is 0 Å². The summed E-state index contributed by atoms with van der Waals surface area (Å²) in [6.07, 6.45) is -2.45. The van der Waals surface area contributed by atoms with Gasteiger partial charge in [0.05, 0.1) is 7.11 Å². The first-order chi connectivity index (χ1) is 6.60. The number of halogens is 2. The maximum atomic E-state index is 12.3. The average molecular weight is 202 g/mol. The van der Waals surface area contributed by atoms with E-state index in [1.807, 2.05) is 0 Å². The number of methoxy groups -OCH3 is 1. The third kappa shape index (κ3) is 1.78. The summed E-state index contributed by atoms with van der Waals surface area (Å²) in [5, 5.41) is 0. The normalized spacial score (nSPS) is 10.3. The number of carbonyl (C=O) groups excluding carboxylic acids is 1. The van der Waals surface area contributed by atoms with E-state index in [4.69, 9.17) is 10.5 Å². The van der Waals surface area contributed by atoms with E-state index in [0.29, 0.717) is 6.29 Å². The number of hydrogen-bond acceptors (Lipinski definition) is 4. The number of ether oxygens (including phenoxy) is 1. The molecule has 1 aromatic rings. The molecule has 0 saturated carbocycles. The van der Waals surface area contributed by atoms with Crippen LogP contribution in [-0.4, -0.2) is 18.4 Å². The fourth-order valence-corrected chi connectivity index (χ4v) is 0.940. The van der Waals surface area contributed by atoms with Crippen molar-refractivity contribution in [2.45, 2.75) is 6.43 Å². The van der Waals surface area contributed by atoms with E-state index in [1.165, 1.54) is 7.11 Å². The van der Waals surface area contributed by atoms with Crippen LogP contribution < -0.4 is 10.5 Å². The first-order valence-corrected chi connectivity index (χ1v) is 3.68. The molecule has 1 rings (SSSR count). The first-order valence-electron chi connectivity index (χ1n) is 3.68. The maximum Gasteiger partial charge on any atom is 0.280 e. The third-order valence-corrected chi connectivity index (χ3v) is 1.63. The van der Waals surface area contributed by atoms with Crippen LogP contribution in [0.15, 0.2) is 6.07 Å². The lowest BCUT2D eigenvalue weighted by atomic mass is 10.2. The van der Waals surface area contributed by atoms with Gasteiger partial charge in [-0.25, -0.2) is 13.8 Å². The molecule has 0 radical (unpaired) electrons. The van der Waals surface area contributed by atoms with E-state index >= 15 is 0 Å². The Balaban J connectivity index is 3.31. The Morgan fingerprint density at radius 2 is 2.29 bits per heavy atom. The van der Waals surface area contributed by atoms with Gasteiger partial charge >= 0.3 is 0 Å². The molecule has 4 nitrogen and oxygen atoms in total. The summed E-state index contributed by atoms with van der Waals surface area (Å²) in [5.74, 6) is 0.0254. The van der Waals surface area contributed by atoms with Crippen LogP contribution in [0.3, 0.4) is 0 Å². The largest absolute Gasteiger partial charge is 0.494 e. The van der Waals surface area contributed by atoms with Gasteiger partial charge in [0.2, 0.25) is 0 Å². The van der Waals surface area contributed by atoms with Crippen LogP contribution >= 0.6 is 0 Å². The third-order valence-electron chi connectivity index (χ3n) is 1.63. The second-order valence-electron chi connectivity index (χ2n) is 2.47. The number of pyridine rings is 1. The van der Waals surface area contributed by atoms with Crippen LogP contribution in [0.1, 0.15) is 22.6 Å². The molecule has 2 N–H and O–H groups in total. The average Bonchev–Trinajstić information content (AvgIpc) is 2.17. The number of carbonyl (C=O) groups is 1. The lowest BCUT2D eigenvalue weighted by Gasteiger charge is -2.08. The van der Waals surface area contributed by atoms with Crippen molar-refractivity contribution >= 4 is 12.0 Å². The number of rotatable bonds is 3. The van der Waals surface area contributed by atoms with Crippen molar-refractivity contribution in [3.05, 3.63) is 17.5 Å². The Labute approximate surface area is 78.7 Å². The molecular weight excluding hydrogens is 194 g/mol. The zero-order valence-corrected chi connectivity index (χ0v) is 7.33. The second-order valence-corrected chi connectivity index (χ2v) is 2.47. The molecule has 1 heterocycles. The Morgan fingerprint density at radius 1 is 1.64 bits per heavy atom. The summed E-state index contributed by atoms with van der Waals surface area (Å²) >= 11 is 0. The summed E-state index contributed by atoms with van der Waals surface area (Å²) < 4.78 is 29.2. The van der Waals surface area contributed by atoms with Gasteiger partial charge in [-0.3, -0.25) is 4.79 Å². The molecule has 0 aromatic carbocycles. The fourth-order valence-electron chi connectivity index (χ4n) is 0.940. The van der Waals surface area contributed by atoms with Crippen LogP contribution in [0.25, 0.3) is 0 Å². The van der Waals surface area contributed by atoms with E-state index in [0.717, 1.165) is 6.07 Å². The zero-order valence-electron chi connectivity index (χ0n) is 7.33. The number of nitrogen functional groups attached to an aromatic ring is 1. The Morgan fingerprint density at radius 3 is 2.71 bits per heavy atom. The molecule has 6 heteroatoms. The molecule has 0 saturated heterocycles. The molecule has 0 aliphatic carbocycles. The summed E-state index contributed by atoms with van der Waals surface area (Å²) in [7, 11) is 1.27. The van der Waals surface area contributed by atoms with Crippen LogP contribution in [0.5, 0.6) is 5.75 Å². The fraction of sp³-hybridized carbons (Fsp3) is 0.250. The predicted molar refractivity (Wildman–Crippen MR) is 45.5 cm³/mol. The van der Waals surface area contributed by atoms with E-state index in [2.05, 4.69) is 4.98 Å². The Bertz CT molecular complexity index is 355. The van der Waals surface area contributed by atoms with Crippen LogP contribution in [0.4, 0.5) is 14.5 Å². The number of nitrogens with zero attached hydrogens (tertiary/aromatic N) is 1. The molecule has 0 aliphatic rings. The van der Waals surface area contributed by atoms with E-state index in [-0.39, 0.29) is 17.1 Å². The van der Waals surface area contributed by atoms with Crippen molar-refractivity contribution in [3.63, 3.8) is 0 Å². The monoisotopic (exact) mass is 202 g/mol. The number of nitrogens with two attached hydrogens (primary N) is 1. The molecule has 0 amide bonds. The first kappa shape index (κ1) is 10.4. The lowest BCUT2D eigenvalue weighted by molar-refractivity contribution is 0.111. The van der Waals surface area contributed by atoms with Gasteiger partial charge in [-0.15, -0.1) is 0 Å².